The fourth-order valence-corrected chi connectivity index (χ4v) is 2.57. The van der Waals surface area contributed by atoms with E-state index in [1.54, 1.807) is 5.32 Å². The smallest absolute Gasteiger partial charge is 0.308 e. The molecule has 1 aliphatic rings. The molecule has 13 heteroatoms. The van der Waals surface area contributed by atoms with Crippen LogP contribution in [0.5, 0.6) is 0 Å². The lowest BCUT2D eigenvalue weighted by molar-refractivity contribution is -0.149. The van der Waals surface area contributed by atoms with E-state index in [4.69, 9.17) is 11.6 Å². The highest BCUT2D eigenvalue weighted by Crippen LogP contribution is 2.43. The van der Waals surface area contributed by atoms with Gasteiger partial charge in [-0.15, -0.1) is 24.8 Å². The van der Waals surface area contributed by atoms with Gasteiger partial charge >= 0.3 is 24.7 Å². The highest BCUT2D eigenvalue weighted by Gasteiger charge is 2.52. The van der Waals surface area contributed by atoms with Crippen LogP contribution in [-0.4, -0.2) is 23.4 Å². The SMILES string of the molecule is O=C(NC1=CC(Cl)(C(F)(F)F)CC=C1)N(c1cccc(C(F)(F)F)c1)C(F)(F)F. The Kier molecular flexibility index (Phi) is 5.90. The Morgan fingerprint density at radius 2 is 1.69 bits per heavy atom. The molecule has 1 aromatic rings. The quantitative estimate of drug-likeness (QED) is 0.327. The minimum absolute atomic E-state index is 0.0831. The summed E-state index contributed by atoms with van der Waals surface area (Å²) in [5.41, 5.74) is -3.33. The van der Waals surface area contributed by atoms with E-state index >= 15 is 0 Å². The molecule has 2 amide bonds. The molecule has 1 aliphatic carbocycles. The number of benzene rings is 1. The summed E-state index contributed by atoms with van der Waals surface area (Å²) in [4.78, 5) is 8.18. The predicted octanol–water partition coefficient (Wildman–Crippen LogP) is 6.12. The van der Waals surface area contributed by atoms with Crippen LogP contribution in [0.4, 0.5) is 50.0 Å². The van der Waals surface area contributed by atoms with Gasteiger partial charge in [-0.05, 0) is 36.8 Å². The third kappa shape index (κ3) is 5.17. The molecule has 1 N–H and O–H groups in total. The summed E-state index contributed by atoms with van der Waals surface area (Å²) < 4.78 is 117. The van der Waals surface area contributed by atoms with Gasteiger partial charge in [0.1, 0.15) is 0 Å². The van der Waals surface area contributed by atoms with Gasteiger partial charge in [0.25, 0.3) is 0 Å². The topological polar surface area (TPSA) is 32.3 Å². The van der Waals surface area contributed by atoms with Crippen LogP contribution in [-0.2, 0) is 6.18 Å². The third-order valence-corrected chi connectivity index (χ3v) is 4.19. The molecule has 0 aromatic heterocycles. The monoisotopic (exact) mass is 452 g/mol. The number of carbonyl (C=O) groups is 1. The first-order valence-corrected chi connectivity index (χ1v) is 7.93. The summed E-state index contributed by atoms with van der Waals surface area (Å²) in [6, 6.07) is -0.199. The van der Waals surface area contributed by atoms with Gasteiger partial charge in [-0.25, -0.2) is 9.69 Å². The second-order valence-electron chi connectivity index (χ2n) is 5.85. The lowest BCUT2D eigenvalue weighted by Gasteiger charge is -2.30. The number of carbonyl (C=O) groups excluding carboxylic acids is 1. The Bertz CT molecular complexity index is 842. The second kappa shape index (κ2) is 7.47. The molecular formula is C16H10ClF9N2O. The number of hydrogen-bond acceptors (Lipinski definition) is 1. The summed E-state index contributed by atoms with van der Waals surface area (Å²) >= 11 is 5.42. The summed E-state index contributed by atoms with van der Waals surface area (Å²) in [7, 11) is 0. The summed E-state index contributed by atoms with van der Waals surface area (Å²) in [6.45, 7) is 0. The number of hydrogen-bond donors (Lipinski definition) is 1. The zero-order valence-corrected chi connectivity index (χ0v) is 14.6. The molecule has 0 heterocycles. The highest BCUT2D eigenvalue weighted by atomic mass is 35.5. The average Bonchev–Trinajstić information content (AvgIpc) is 2.52. The van der Waals surface area contributed by atoms with E-state index in [9.17, 15) is 44.3 Å². The molecule has 3 nitrogen and oxygen atoms in total. The van der Waals surface area contributed by atoms with Crippen molar-refractivity contribution in [2.75, 3.05) is 4.90 Å². The number of anilines is 1. The zero-order chi connectivity index (χ0) is 22.3. The minimum atomic E-state index is -5.48. The Hall–Kier alpha value is -2.37. The van der Waals surface area contributed by atoms with E-state index in [1.807, 2.05) is 0 Å². The number of rotatable bonds is 2. The molecule has 0 saturated heterocycles. The molecule has 1 unspecified atom stereocenters. The Morgan fingerprint density at radius 3 is 2.21 bits per heavy atom. The standard InChI is InChI=1S/C16H10ClF9N2O/c17-13(15(21,22)23)6-2-4-10(8-13)27-12(29)28(16(24,25)26)11-5-1-3-9(7-11)14(18,19)20/h1-5,7-8H,6H2,(H,27,29). The van der Waals surface area contributed by atoms with Gasteiger partial charge < -0.3 is 5.32 Å². The molecule has 160 valence electrons. The van der Waals surface area contributed by atoms with Gasteiger partial charge in [0, 0.05) is 5.70 Å². The molecule has 0 radical (unpaired) electrons. The second-order valence-corrected chi connectivity index (χ2v) is 6.52. The van der Waals surface area contributed by atoms with Crippen molar-refractivity contribution in [3.05, 3.63) is 53.8 Å². The maximum atomic E-state index is 13.3. The van der Waals surface area contributed by atoms with Crippen molar-refractivity contribution < 1.29 is 44.3 Å². The van der Waals surface area contributed by atoms with Crippen molar-refractivity contribution in [1.29, 1.82) is 0 Å². The van der Waals surface area contributed by atoms with Crippen LogP contribution in [0.2, 0.25) is 0 Å². The van der Waals surface area contributed by atoms with Gasteiger partial charge in [-0.1, -0.05) is 12.1 Å². The van der Waals surface area contributed by atoms with Crippen molar-refractivity contribution in [1.82, 2.24) is 5.32 Å². The van der Waals surface area contributed by atoms with Gasteiger partial charge in [-0.2, -0.15) is 26.3 Å². The van der Waals surface area contributed by atoms with Crippen LogP contribution in [0.25, 0.3) is 0 Å². The van der Waals surface area contributed by atoms with E-state index in [1.165, 1.54) is 0 Å². The minimum Gasteiger partial charge on any atom is -0.308 e. The molecule has 0 saturated carbocycles. The molecular weight excluding hydrogens is 443 g/mol. The number of alkyl halides is 10. The molecule has 1 aromatic carbocycles. The lowest BCUT2D eigenvalue weighted by atomic mass is 9.97. The lowest BCUT2D eigenvalue weighted by Crippen LogP contribution is -2.49. The van der Waals surface area contributed by atoms with Gasteiger partial charge in [0.2, 0.25) is 0 Å². The molecule has 0 spiro atoms. The first-order chi connectivity index (χ1) is 13.0. The Labute approximate surface area is 162 Å². The van der Waals surface area contributed by atoms with Crippen LogP contribution in [0.1, 0.15) is 12.0 Å². The van der Waals surface area contributed by atoms with E-state index in [2.05, 4.69) is 0 Å². The maximum Gasteiger partial charge on any atom is 0.493 e. The van der Waals surface area contributed by atoms with Crippen molar-refractivity contribution >= 4 is 23.3 Å². The number of urea groups is 1. The number of nitrogens with zero attached hydrogens (tertiary/aromatic N) is 1. The first-order valence-electron chi connectivity index (χ1n) is 7.55. The number of halogens is 10. The van der Waals surface area contributed by atoms with E-state index in [-0.39, 0.29) is 6.07 Å². The van der Waals surface area contributed by atoms with Crippen LogP contribution in [0.15, 0.2) is 48.2 Å². The fraction of sp³-hybridized carbons (Fsp3) is 0.312. The van der Waals surface area contributed by atoms with Gasteiger partial charge in [0.15, 0.2) is 4.87 Å². The van der Waals surface area contributed by atoms with Crippen LogP contribution < -0.4 is 10.2 Å². The van der Waals surface area contributed by atoms with E-state index in [0.29, 0.717) is 24.3 Å². The van der Waals surface area contributed by atoms with Gasteiger partial charge in [0.05, 0.1) is 11.3 Å². The summed E-state index contributed by atoms with van der Waals surface area (Å²) in [5, 5.41) is 1.59. The number of allylic oxidation sites excluding steroid dienone is 3. The first kappa shape index (κ1) is 22.9. The van der Waals surface area contributed by atoms with Gasteiger partial charge in [-0.3, -0.25) is 0 Å². The normalized spacial score (nSPS) is 20.3. The number of nitrogens with one attached hydrogen (secondary N) is 1. The molecule has 0 fully saturated rings. The zero-order valence-electron chi connectivity index (χ0n) is 13.9. The van der Waals surface area contributed by atoms with Crippen LogP contribution >= 0.6 is 11.6 Å². The third-order valence-electron chi connectivity index (χ3n) is 3.71. The fourth-order valence-electron chi connectivity index (χ4n) is 2.37. The van der Waals surface area contributed by atoms with Crippen molar-refractivity contribution in [3.8, 4) is 0 Å². The van der Waals surface area contributed by atoms with Crippen molar-refractivity contribution in [2.24, 2.45) is 0 Å². The number of amides is 2. The Balaban J connectivity index is 2.38. The predicted molar refractivity (Wildman–Crippen MR) is 85.0 cm³/mol. The molecule has 0 bridgehead atoms. The van der Waals surface area contributed by atoms with Crippen LogP contribution in [0.3, 0.4) is 0 Å². The van der Waals surface area contributed by atoms with Crippen molar-refractivity contribution in [2.45, 2.75) is 29.9 Å². The average molecular weight is 453 g/mol. The van der Waals surface area contributed by atoms with E-state index in [0.717, 1.165) is 12.2 Å². The van der Waals surface area contributed by atoms with Crippen LogP contribution in [0, 0.1) is 0 Å². The molecule has 0 aliphatic heterocycles. The largest absolute Gasteiger partial charge is 0.493 e. The van der Waals surface area contributed by atoms with E-state index < -0.39 is 57.8 Å². The highest BCUT2D eigenvalue weighted by molar-refractivity contribution is 6.26. The molecule has 29 heavy (non-hydrogen) atoms. The summed E-state index contributed by atoms with van der Waals surface area (Å²) in [5.74, 6) is 0. The maximum absolute atomic E-state index is 13.3. The Morgan fingerprint density at radius 1 is 1.07 bits per heavy atom. The molecule has 2 rings (SSSR count). The van der Waals surface area contributed by atoms with Crippen molar-refractivity contribution in [3.63, 3.8) is 0 Å². The summed E-state index contributed by atoms with van der Waals surface area (Å²) in [6.07, 6.45) is -14.1. The molecule has 1 atom stereocenters.